The van der Waals surface area contributed by atoms with Crippen LogP contribution in [0.15, 0.2) is 48.5 Å². The molecule has 1 N–H and O–H groups in total. The Balaban J connectivity index is 1.69. The van der Waals surface area contributed by atoms with Gasteiger partial charge in [-0.05, 0) is 62.4 Å². The summed E-state index contributed by atoms with van der Waals surface area (Å²) in [5.74, 6) is 0.377. The van der Waals surface area contributed by atoms with Crippen molar-refractivity contribution in [3.63, 3.8) is 0 Å². The summed E-state index contributed by atoms with van der Waals surface area (Å²) >= 11 is 0. The molecular weight excluding hydrogens is 388 g/mol. The number of amides is 2. The number of hydrogen-bond donors (Lipinski definition) is 1. The van der Waals surface area contributed by atoms with Gasteiger partial charge in [-0.3, -0.25) is 9.59 Å². The molecule has 1 atom stereocenters. The zero-order chi connectivity index (χ0) is 22.2. The summed E-state index contributed by atoms with van der Waals surface area (Å²) < 4.78 is 5.81. The van der Waals surface area contributed by atoms with Crippen molar-refractivity contribution in [3.05, 3.63) is 65.2 Å². The molecule has 3 rings (SSSR count). The van der Waals surface area contributed by atoms with Crippen LogP contribution in [0.25, 0.3) is 0 Å². The molecule has 0 bridgehead atoms. The van der Waals surface area contributed by atoms with Crippen molar-refractivity contribution in [1.29, 1.82) is 0 Å². The van der Waals surface area contributed by atoms with E-state index in [0.717, 1.165) is 42.4 Å². The van der Waals surface area contributed by atoms with Crippen LogP contribution >= 0.6 is 0 Å². The summed E-state index contributed by atoms with van der Waals surface area (Å²) in [7, 11) is 0. The molecule has 1 aliphatic carbocycles. The maximum Gasteiger partial charge on any atom is 0.261 e. The molecular formula is C26H34N2O3. The van der Waals surface area contributed by atoms with E-state index in [2.05, 4.69) is 11.4 Å². The molecule has 0 aromatic heterocycles. The Hall–Kier alpha value is -2.82. The highest BCUT2D eigenvalue weighted by atomic mass is 16.5. The predicted octanol–water partition coefficient (Wildman–Crippen LogP) is 4.55. The van der Waals surface area contributed by atoms with Crippen LogP contribution in [0.1, 0.15) is 55.7 Å². The molecule has 0 aliphatic heterocycles. The number of rotatable bonds is 8. The van der Waals surface area contributed by atoms with Gasteiger partial charge in [-0.25, -0.2) is 0 Å². The zero-order valence-electron chi connectivity index (χ0n) is 18.9. The molecule has 1 aliphatic rings. The van der Waals surface area contributed by atoms with Gasteiger partial charge >= 0.3 is 0 Å². The van der Waals surface area contributed by atoms with E-state index >= 15 is 0 Å². The van der Waals surface area contributed by atoms with Gasteiger partial charge in [-0.2, -0.15) is 0 Å². The number of benzene rings is 2. The summed E-state index contributed by atoms with van der Waals surface area (Å²) in [5.41, 5.74) is 3.16. The summed E-state index contributed by atoms with van der Waals surface area (Å²) in [5, 5.41) is 3.15. The minimum atomic E-state index is -0.572. The molecule has 166 valence electrons. The summed E-state index contributed by atoms with van der Waals surface area (Å²) in [6.45, 7) is 6.07. The molecule has 2 amide bonds. The lowest BCUT2D eigenvalue weighted by atomic mass is 9.95. The first kappa shape index (κ1) is 22.9. The third-order valence-corrected chi connectivity index (χ3v) is 5.87. The first-order valence-electron chi connectivity index (χ1n) is 11.3. The van der Waals surface area contributed by atoms with E-state index in [4.69, 9.17) is 4.74 Å². The molecule has 2 aromatic carbocycles. The van der Waals surface area contributed by atoms with Gasteiger partial charge in [0.25, 0.3) is 5.91 Å². The number of carbonyl (C=O) groups excluding carboxylic acids is 2. The van der Waals surface area contributed by atoms with Gasteiger partial charge in [0, 0.05) is 12.6 Å². The van der Waals surface area contributed by atoms with Crippen LogP contribution in [-0.4, -0.2) is 35.4 Å². The lowest BCUT2D eigenvalue weighted by Crippen LogP contribution is -2.51. The van der Waals surface area contributed by atoms with Gasteiger partial charge in [-0.15, -0.1) is 0 Å². The van der Waals surface area contributed by atoms with Crippen LogP contribution in [0, 0.1) is 13.8 Å². The fourth-order valence-electron chi connectivity index (χ4n) is 4.18. The molecule has 5 heteroatoms. The number of carbonyl (C=O) groups is 2. The van der Waals surface area contributed by atoms with E-state index in [1.807, 2.05) is 56.3 Å². The van der Waals surface area contributed by atoms with Gasteiger partial charge in [-0.1, -0.05) is 55.7 Å². The molecule has 31 heavy (non-hydrogen) atoms. The maximum absolute atomic E-state index is 13.1. The third-order valence-electron chi connectivity index (χ3n) is 5.87. The lowest BCUT2D eigenvalue weighted by molar-refractivity contribution is -0.142. The second kappa shape index (κ2) is 11.0. The number of nitrogens with one attached hydrogen (secondary N) is 1. The Kier molecular flexibility index (Phi) is 8.10. The van der Waals surface area contributed by atoms with Gasteiger partial charge in [0.05, 0.1) is 0 Å². The first-order chi connectivity index (χ1) is 14.9. The first-order valence-corrected chi connectivity index (χ1v) is 11.3. The topological polar surface area (TPSA) is 58.6 Å². The van der Waals surface area contributed by atoms with E-state index in [-0.39, 0.29) is 24.5 Å². The average Bonchev–Trinajstić information content (AvgIpc) is 2.76. The van der Waals surface area contributed by atoms with Gasteiger partial charge in [0.2, 0.25) is 5.91 Å². The van der Waals surface area contributed by atoms with Gasteiger partial charge < -0.3 is 15.0 Å². The van der Waals surface area contributed by atoms with Crippen molar-refractivity contribution in [2.75, 3.05) is 6.61 Å². The van der Waals surface area contributed by atoms with E-state index in [9.17, 15) is 9.59 Å². The highest BCUT2D eigenvalue weighted by molar-refractivity contribution is 5.88. The van der Waals surface area contributed by atoms with E-state index in [1.165, 1.54) is 6.42 Å². The quantitative estimate of drug-likeness (QED) is 0.679. The van der Waals surface area contributed by atoms with Gasteiger partial charge in [0.15, 0.2) is 6.61 Å². The molecule has 2 aromatic rings. The molecule has 1 fully saturated rings. The van der Waals surface area contributed by atoms with E-state index < -0.39 is 6.04 Å². The predicted molar refractivity (Wildman–Crippen MR) is 123 cm³/mol. The van der Waals surface area contributed by atoms with Crippen LogP contribution in [0.2, 0.25) is 0 Å². The van der Waals surface area contributed by atoms with Crippen molar-refractivity contribution in [3.8, 4) is 5.75 Å². The second-order valence-corrected chi connectivity index (χ2v) is 8.64. The monoisotopic (exact) mass is 422 g/mol. The summed E-state index contributed by atoms with van der Waals surface area (Å²) in [6, 6.07) is 15.3. The SMILES string of the molecule is Cc1cc(C)cc(OCC(=O)N(Cc2ccccc2)C(C)C(=O)NC2CCCCC2)c1. The van der Waals surface area contributed by atoms with Crippen molar-refractivity contribution in [2.24, 2.45) is 0 Å². The summed E-state index contributed by atoms with van der Waals surface area (Å²) in [6.07, 6.45) is 5.56. The van der Waals surface area contributed by atoms with Crippen LogP contribution in [-0.2, 0) is 16.1 Å². The van der Waals surface area contributed by atoms with Crippen molar-refractivity contribution in [1.82, 2.24) is 10.2 Å². The normalized spacial score (nSPS) is 15.2. The number of hydrogen-bond acceptors (Lipinski definition) is 3. The largest absolute Gasteiger partial charge is 0.484 e. The Morgan fingerprint density at radius 1 is 1.03 bits per heavy atom. The summed E-state index contributed by atoms with van der Waals surface area (Å²) in [4.78, 5) is 27.7. The highest BCUT2D eigenvalue weighted by Gasteiger charge is 2.28. The van der Waals surface area contributed by atoms with Crippen molar-refractivity contribution in [2.45, 2.75) is 71.5 Å². The Labute approximate surface area is 185 Å². The Morgan fingerprint density at radius 3 is 2.32 bits per heavy atom. The smallest absolute Gasteiger partial charge is 0.261 e. The fraction of sp³-hybridized carbons (Fsp3) is 0.462. The van der Waals surface area contributed by atoms with Crippen LogP contribution in [0.4, 0.5) is 0 Å². The maximum atomic E-state index is 13.1. The lowest BCUT2D eigenvalue weighted by Gasteiger charge is -2.31. The molecule has 0 heterocycles. The molecule has 5 nitrogen and oxygen atoms in total. The molecule has 0 saturated heterocycles. The standard InChI is InChI=1S/C26H34N2O3/c1-19-14-20(2)16-24(15-19)31-18-25(29)28(17-22-10-6-4-7-11-22)21(3)26(30)27-23-12-8-5-9-13-23/h4,6-7,10-11,14-16,21,23H,5,8-9,12-13,17-18H2,1-3H3,(H,27,30). The third kappa shape index (κ3) is 6.84. The van der Waals surface area contributed by atoms with E-state index in [0.29, 0.717) is 12.3 Å². The number of ether oxygens (including phenoxy) is 1. The van der Waals surface area contributed by atoms with Crippen LogP contribution in [0.5, 0.6) is 5.75 Å². The van der Waals surface area contributed by atoms with Crippen LogP contribution in [0.3, 0.4) is 0 Å². The molecule has 0 radical (unpaired) electrons. The molecule has 1 saturated carbocycles. The Morgan fingerprint density at radius 2 is 1.68 bits per heavy atom. The van der Waals surface area contributed by atoms with Crippen molar-refractivity contribution < 1.29 is 14.3 Å². The van der Waals surface area contributed by atoms with Gasteiger partial charge in [0.1, 0.15) is 11.8 Å². The molecule has 1 unspecified atom stereocenters. The minimum absolute atomic E-state index is 0.0948. The second-order valence-electron chi connectivity index (χ2n) is 8.64. The molecule has 0 spiro atoms. The highest BCUT2D eigenvalue weighted by Crippen LogP contribution is 2.19. The van der Waals surface area contributed by atoms with Crippen molar-refractivity contribution >= 4 is 11.8 Å². The zero-order valence-corrected chi connectivity index (χ0v) is 18.9. The van der Waals surface area contributed by atoms with Crippen LogP contribution < -0.4 is 10.1 Å². The number of nitrogens with zero attached hydrogens (tertiary/aromatic N) is 1. The minimum Gasteiger partial charge on any atom is -0.484 e. The average molecular weight is 423 g/mol. The fourth-order valence-corrected chi connectivity index (χ4v) is 4.18. The number of aryl methyl sites for hydroxylation is 2. The van der Waals surface area contributed by atoms with E-state index in [1.54, 1.807) is 11.8 Å². The Bertz CT molecular complexity index is 855.